The van der Waals surface area contributed by atoms with Crippen LogP contribution in [0.25, 0.3) is 0 Å². The molecule has 3 saturated heterocycles. The van der Waals surface area contributed by atoms with E-state index in [2.05, 4.69) is 29.1 Å². The van der Waals surface area contributed by atoms with Crippen LogP contribution in [-0.2, 0) is 30.4 Å². The Hall–Kier alpha value is -2.49. The van der Waals surface area contributed by atoms with Crippen LogP contribution in [0.3, 0.4) is 0 Å². The maximum Gasteiger partial charge on any atom is 0.312 e. The first-order valence-electron chi connectivity index (χ1n) is 14.2. The molecule has 3 aliphatic heterocycles. The van der Waals surface area contributed by atoms with Gasteiger partial charge in [0, 0.05) is 17.9 Å². The number of hydrogen-bond donors (Lipinski definition) is 1. The summed E-state index contributed by atoms with van der Waals surface area (Å²) in [6.07, 6.45) is 5.10. The molecule has 3 aliphatic rings. The van der Waals surface area contributed by atoms with E-state index in [4.69, 9.17) is 9.47 Å². The number of amides is 2. The van der Waals surface area contributed by atoms with E-state index in [1.54, 1.807) is 17.1 Å². The van der Waals surface area contributed by atoms with Crippen LogP contribution in [0.2, 0.25) is 0 Å². The third-order valence-corrected chi connectivity index (χ3v) is 9.10. The van der Waals surface area contributed by atoms with Crippen LogP contribution >= 0.6 is 15.9 Å². The highest BCUT2D eigenvalue weighted by molar-refractivity contribution is 9.09. The van der Waals surface area contributed by atoms with Crippen molar-refractivity contribution in [3.8, 4) is 0 Å². The monoisotopic (exact) mass is 616 g/mol. The van der Waals surface area contributed by atoms with Gasteiger partial charge >= 0.3 is 5.97 Å². The Labute approximate surface area is 245 Å². The number of rotatable bonds is 14. The maximum atomic E-state index is 14.5. The Kier molecular flexibility index (Phi) is 9.90. The second-order valence-corrected chi connectivity index (χ2v) is 12.6. The number of allylic oxidation sites excluding steroid dienone is 1. The molecule has 1 aromatic carbocycles. The van der Waals surface area contributed by atoms with E-state index in [0.29, 0.717) is 32.2 Å². The third-order valence-electron chi connectivity index (χ3n) is 8.26. The SMILES string of the molecule is C=CCCCOC(=O)[C@H]1[C@H]2C(=O)N([C@@H](CO)CC(C)C)C(C(=O)N(CC=C)Cc3ccccc3)C23CC(Br)[C@@H]1O3. The molecule has 7 atom stereocenters. The molecule has 218 valence electrons. The number of carbonyl (C=O) groups excluding carboxylic acids is 3. The summed E-state index contributed by atoms with van der Waals surface area (Å²) in [5.41, 5.74) is -0.266. The average molecular weight is 618 g/mol. The zero-order valence-electron chi connectivity index (χ0n) is 23.4. The van der Waals surface area contributed by atoms with Crippen molar-refractivity contribution in [1.29, 1.82) is 0 Å². The summed E-state index contributed by atoms with van der Waals surface area (Å²) in [7, 11) is 0. The molecule has 4 rings (SSSR count). The second-order valence-electron chi connectivity index (χ2n) is 11.5. The average Bonchev–Trinajstić information content (AvgIpc) is 3.53. The van der Waals surface area contributed by atoms with Crippen LogP contribution < -0.4 is 0 Å². The van der Waals surface area contributed by atoms with Gasteiger partial charge in [0.1, 0.15) is 11.6 Å². The number of hydrogen-bond acceptors (Lipinski definition) is 6. The number of fused-ring (bicyclic) bond motifs is 1. The Morgan fingerprint density at radius 1 is 1.27 bits per heavy atom. The zero-order chi connectivity index (χ0) is 29.0. The highest BCUT2D eigenvalue weighted by Crippen LogP contribution is 2.61. The minimum Gasteiger partial charge on any atom is -0.465 e. The summed E-state index contributed by atoms with van der Waals surface area (Å²) >= 11 is 3.69. The number of aliphatic hydroxyl groups is 1. The summed E-state index contributed by atoms with van der Waals surface area (Å²) in [5.74, 6) is -2.62. The first-order chi connectivity index (χ1) is 19.2. The van der Waals surface area contributed by atoms with Gasteiger partial charge in [0.2, 0.25) is 11.8 Å². The van der Waals surface area contributed by atoms with Crippen molar-refractivity contribution in [2.45, 2.75) is 74.7 Å². The number of esters is 1. The quantitative estimate of drug-likeness (QED) is 0.148. The Morgan fingerprint density at radius 2 is 2.00 bits per heavy atom. The highest BCUT2D eigenvalue weighted by atomic mass is 79.9. The number of unbranched alkanes of at least 4 members (excludes halogenated alkanes) is 1. The van der Waals surface area contributed by atoms with Gasteiger partial charge in [-0.1, -0.05) is 72.3 Å². The summed E-state index contributed by atoms with van der Waals surface area (Å²) in [5, 5.41) is 10.5. The normalized spacial score (nSPS) is 29.4. The molecule has 2 amide bonds. The smallest absolute Gasteiger partial charge is 0.312 e. The van der Waals surface area contributed by atoms with Gasteiger partial charge in [0.25, 0.3) is 0 Å². The first-order valence-corrected chi connectivity index (χ1v) is 15.1. The first kappa shape index (κ1) is 30.5. The molecule has 9 heteroatoms. The van der Waals surface area contributed by atoms with E-state index in [-0.39, 0.29) is 42.3 Å². The van der Waals surface area contributed by atoms with Gasteiger partial charge < -0.3 is 24.4 Å². The van der Waals surface area contributed by atoms with E-state index < -0.39 is 41.6 Å². The molecule has 0 saturated carbocycles. The lowest BCUT2D eigenvalue weighted by atomic mass is 9.70. The lowest BCUT2D eigenvalue weighted by Gasteiger charge is -2.39. The van der Waals surface area contributed by atoms with E-state index in [9.17, 15) is 19.5 Å². The number of carbonyl (C=O) groups is 3. The Balaban J connectivity index is 1.74. The van der Waals surface area contributed by atoms with Crippen molar-refractivity contribution in [1.82, 2.24) is 9.80 Å². The standard InChI is InChI=1S/C31H41BrN2O6/c1-5-7-11-15-39-30(38)24-25-28(36)34(22(19-35)16-20(3)4)27(31(25)17-23(32)26(24)40-31)29(37)33(14-6-2)18-21-12-9-8-10-13-21/h5-6,8-10,12-13,20,22-27,35H,1-2,7,11,14-19H2,3-4H3/t22-,23?,24+,25+,26+,27?,31?/m1/s1. The predicted molar refractivity (Wildman–Crippen MR) is 155 cm³/mol. The molecule has 1 spiro atoms. The van der Waals surface area contributed by atoms with Gasteiger partial charge in [-0.2, -0.15) is 0 Å². The fourth-order valence-corrected chi connectivity index (χ4v) is 7.63. The van der Waals surface area contributed by atoms with Crippen molar-refractivity contribution < 1.29 is 29.0 Å². The number of ether oxygens (including phenoxy) is 2. The topological polar surface area (TPSA) is 96.4 Å². The number of aliphatic hydroxyl groups excluding tert-OH is 1. The van der Waals surface area contributed by atoms with Gasteiger partial charge in [-0.15, -0.1) is 13.2 Å². The summed E-state index contributed by atoms with van der Waals surface area (Å²) in [6, 6.07) is 8.05. The minimum absolute atomic E-state index is 0.166. The molecule has 0 aliphatic carbocycles. The fourth-order valence-electron chi connectivity index (χ4n) is 6.69. The molecule has 3 fully saturated rings. The number of nitrogens with zero attached hydrogens (tertiary/aromatic N) is 2. The number of alkyl halides is 1. The van der Waals surface area contributed by atoms with E-state index in [0.717, 1.165) is 5.56 Å². The molecule has 3 heterocycles. The van der Waals surface area contributed by atoms with Gasteiger partial charge in [-0.3, -0.25) is 14.4 Å². The van der Waals surface area contributed by atoms with Crippen molar-refractivity contribution in [3.63, 3.8) is 0 Å². The molecule has 0 radical (unpaired) electrons. The number of halogens is 1. The van der Waals surface area contributed by atoms with Gasteiger partial charge in [-0.25, -0.2) is 0 Å². The van der Waals surface area contributed by atoms with E-state index >= 15 is 0 Å². The molecule has 3 unspecified atom stereocenters. The van der Waals surface area contributed by atoms with Gasteiger partial charge in [0.05, 0.1) is 37.2 Å². The van der Waals surface area contributed by atoms with Gasteiger partial charge in [0.15, 0.2) is 0 Å². The van der Waals surface area contributed by atoms with Crippen LogP contribution in [0.1, 0.15) is 45.1 Å². The van der Waals surface area contributed by atoms with Crippen LogP contribution in [0.4, 0.5) is 0 Å². The van der Waals surface area contributed by atoms with Crippen LogP contribution in [0.15, 0.2) is 55.6 Å². The molecular weight excluding hydrogens is 576 g/mol. The highest BCUT2D eigenvalue weighted by Gasteiger charge is 2.77. The number of likely N-dealkylation sites (tertiary alicyclic amines) is 1. The molecule has 40 heavy (non-hydrogen) atoms. The maximum absolute atomic E-state index is 14.5. The molecule has 2 bridgehead atoms. The van der Waals surface area contributed by atoms with Crippen molar-refractivity contribution in [2.24, 2.45) is 17.8 Å². The minimum atomic E-state index is -1.21. The van der Waals surface area contributed by atoms with Crippen LogP contribution in [0, 0.1) is 17.8 Å². The molecule has 1 N–H and O–H groups in total. The lowest BCUT2D eigenvalue weighted by Crippen LogP contribution is -2.59. The van der Waals surface area contributed by atoms with E-state index in [1.165, 1.54) is 4.90 Å². The molecule has 1 aromatic rings. The largest absolute Gasteiger partial charge is 0.465 e. The zero-order valence-corrected chi connectivity index (χ0v) is 25.0. The summed E-state index contributed by atoms with van der Waals surface area (Å²) in [6.45, 7) is 12.1. The van der Waals surface area contributed by atoms with Crippen LogP contribution in [0.5, 0.6) is 0 Å². The molecular formula is C31H41BrN2O6. The lowest BCUT2D eigenvalue weighted by molar-refractivity contribution is -0.156. The van der Waals surface area contributed by atoms with Crippen molar-refractivity contribution in [3.05, 3.63) is 61.2 Å². The van der Waals surface area contributed by atoms with Gasteiger partial charge in [-0.05, 0) is 37.2 Å². The Morgan fingerprint density at radius 3 is 2.62 bits per heavy atom. The summed E-state index contributed by atoms with van der Waals surface area (Å²) < 4.78 is 12.2. The number of benzene rings is 1. The molecule has 8 nitrogen and oxygen atoms in total. The summed E-state index contributed by atoms with van der Waals surface area (Å²) in [4.78, 5) is 45.3. The van der Waals surface area contributed by atoms with Crippen molar-refractivity contribution in [2.75, 3.05) is 19.8 Å². The van der Waals surface area contributed by atoms with Crippen LogP contribution in [-0.4, -0.2) is 81.1 Å². The van der Waals surface area contributed by atoms with Crippen molar-refractivity contribution >= 4 is 33.7 Å². The Bertz CT molecular complexity index is 1100. The fraction of sp³-hybridized carbons (Fsp3) is 0.581. The third kappa shape index (κ3) is 5.65. The predicted octanol–water partition coefficient (Wildman–Crippen LogP) is 3.87. The van der Waals surface area contributed by atoms with E-state index in [1.807, 2.05) is 44.2 Å². The second kappa shape index (κ2) is 13.0. The molecule has 0 aromatic heterocycles.